The number of ether oxygens (including phenoxy) is 2. The number of nitrogens with zero attached hydrogens (tertiary/aromatic N) is 1. The first-order valence-corrected chi connectivity index (χ1v) is 9.63. The first-order valence-electron chi connectivity index (χ1n) is 9.63. The topological polar surface area (TPSA) is 84.3 Å². The van der Waals surface area contributed by atoms with Crippen molar-refractivity contribution in [3.05, 3.63) is 83.6 Å². The Hall–Kier alpha value is -3.51. The van der Waals surface area contributed by atoms with Crippen LogP contribution in [0.4, 0.5) is 5.82 Å². The molecule has 0 radical (unpaired) electrons. The quantitative estimate of drug-likeness (QED) is 0.390. The third-order valence-corrected chi connectivity index (χ3v) is 4.14. The molecule has 0 aliphatic carbocycles. The van der Waals surface area contributed by atoms with Gasteiger partial charge in [0.05, 0.1) is 0 Å². The number of carbonyl (C=O) groups is 1. The lowest BCUT2D eigenvalue weighted by Crippen LogP contribution is -2.09. The SMILES string of the molecule is CC(=N)c1c(C=O)ccnc1NCc1ccc(Oc2ccccc2)cc1.CCOC. The van der Waals surface area contributed by atoms with Gasteiger partial charge in [0, 0.05) is 43.3 Å². The summed E-state index contributed by atoms with van der Waals surface area (Å²) in [6.45, 7) is 4.95. The summed E-state index contributed by atoms with van der Waals surface area (Å²) in [5, 5.41) is 11.1. The van der Waals surface area contributed by atoms with Gasteiger partial charge in [-0.05, 0) is 49.7 Å². The Bertz CT molecular complexity index is 940. The van der Waals surface area contributed by atoms with Crippen molar-refractivity contribution in [3.63, 3.8) is 0 Å². The first kappa shape index (κ1) is 22.8. The van der Waals surface area contributed by atoms with Gasteiger partial charge < -0.3 is 20.2 Å². The van der Waals surface area contributed by atoms with E-state index in [0.717, 1.165) is 30.0 Å². The van der Waals surface area contributed by atoms with Gasteiger partial charge >= 0.3 is 0 Å². The van der Waals surface area contributed by atoms with Crippen LogP contribution < -0.4 is 10.1 Å². The number of carbonyl (C=O) groups excluding carboxylic acids is 1. The molecule has 1 aromatic heterocycles. The normalized spacial score (nSPS) is 9.83. The highest BCUT2D eigenvalue weighted by Gasteiger charge is 2.11. The molecule has 0 atom stereocenters. The average Bonchev–Trinajstić information content (AvgIpc) is 2.79. The van der Waals surface area contributed by atoms with Crippen LogP contribution in [0.2, 0.25) is 0 Å². The standard InChI is InChI=1S/C21H19N3O2.C3H8O/c1-15(22)20-17(14-25)11-12-23-21(20)24-13-16-7-9-19(10-8-16)26-18-5-3-2-4-6-18;1-3-4-2/h2-12,14,22H,13H2,1H3,(H,23,24);3H2,1-2H3. The van der Waals surface area contributed by atoms with Crippen LogP contribution in [0.5, 0.6) is 11.5 Å². The summed E-state index contributed by atoms with van der Waals surface area (Å²) in [5.74, 6) is 2.09. The lowest BCUT2D eigenvalue weighted by Gasteiger charge is -2.12. The summed E-state index contributed by atoms with van der Waals surface area (Å²) >= 11 is 0. The fourth-order valence-electron chi connectivity index (χ4n) is 2.59. The zero-order chi connectivity index (χ0) is 21.8. The number of anilines is 1. The number of hydrogen-bond acceptors (Lipinski definition) is 6. The molecule has 1 heterocycles. The molecule has 0 unspecified atom stereocenters. The monoisotopic (exact) mass is 405 g/mol. The van der Waals surface area contributed by atoms with Crippen molar-refractivity contribution in [2.45, 2.75) is 20.4 Å². The van der Waals surface area contributed by atoms with E-state index >= 15 is 0 Å². The van der Waals surface area contributed by atoms with Crippen molar-refractivity contribution in [1.29, 1.82) is 5.41 Å². The molecule has 156 valence electrons. The Morgan fingerprint density at radius 2 is 1.70 bits per heavy atom. The maximum Gasteiger partial charge on any atom is 0.150 e. The Labute approximate surface area is 177 Å². The summed E-state index contributed by atoms with van der Waals surface area (Å²) in [6, 6.07) is 19.0. The lowest BCUT2D eigenvalue weighted by atomic mass is 10.1. The van der Waals surface area contributed by atoms with Crippen LogP contribution in [-0.2, 0) is 11.3 Å². The molecular weight excluding hydrogens is 378 g/mol. The van der Waals surface area contributed by atoms with Crippen LogP contribution in [0.3, 0.4) is 0 Å². The van der Waals surface area contributed by atoms with Crippen molar-refractivity contribution in [3.8, 4) is 11.5 Å². The number of methoxy groups -OCH3 is 1. The van der Waals surface area contributed by atoms with Crippen molar-refractivity contribution in [2.24, 2.45) is 0 Å². The highest BCUT2D eigenvalue weighted by molar-refractivity contribution is 6.06. The number of rotatable bonds is 8. The molecule has 0 amide bonds. The van der Waals surface area contributed by atoms with Gasteiger partial charge in [0.15, 0.2) is 6.29 Å². The number of para-hydroxylation sites is 1. The minimum absolute atomic E-state index is 0.300. The lowest BCUT2D eigenvalue weighted by molar-refractivity contribution is 0.112. The second-order valence-electron chi connectivity index (χ2n) is 6.36. The average molecular weight is 405 g/mol. The smallest absolute Gasteiger partial charge is 0.150 e. The highest BCUT2D eigenvalue weighted by Crippen LogP contribution is 2.22. The van der Waals surface area contributed by atoms with E-state index in [-0.39, 0.29) is 0 Å². The van der Waals surface area contributed by atoms with Gasteiger partial charge in [0.1, 0.15) is 17.3 Å². The largest absolute Gasteiger partial charge is 0.457 e. The van der Waals surface area contributed by atoms with Crippen molar-refractivity contribution < 1.29 is 14.3 Å². The van der Waals surface area contributed by atoms with Crippen LogP contribution >= 0.6 is 0 Å². The summed E-state index contributed by atoms with van der Waals surface area (Å²) in [7, 11) is 1.68. The Kier molecular flexibility index (Phi) is 9.21. The zero-order valence-corrected chi connectivity index (χ0v) is 17.5. The van der Waals surface area contributed by atoms with E-state index < -0.39 is 0 Å². The van der Waals surface area contributed by atoms with Gasteiger partial charge in [-0.2, -0.15) is 0 Å². The summed E-state index contributed by atoms with van der Waals surface area (Å²) < 4.78 is 10.3. The van der Waals surface area contributed by atoms with E-state index in [2.05, 4.69) is 15.0 Å². The van der Waals surface area contributed by atoms with E-state index in [1.165, 1.54) is 0 Å². The number of aldehydes is 1. The molecule has 0 aliphatic rings. The second kappa shape index (κ2) is 12.1. The predicted octanol–water partition coefficient (Wildman–Crippen LogP) is 5.34. The molecule has 0 fully saturated rings. The Balaban J connectivity index is 0.000000735. The molecular formula is C24H27N3O3. The molecule has 3 aromatic rings. The van der Waals surface area contributed by atoms with E-state index in [4.69, 9.17) is 10.1 Å². The minimum atomic E-state index is 0.300. The predicted molar refractivity (Wildman–Crippen MR) is 120 cm³/mol. The number of nitrogens with one attached hydrogen (secondary N) is 2. The molecule has 0 saturated heterocycles. The number of benzene rings is 2. The fourth-order valence-corrected chi connectivity index (χ4v) is 2.59. The molecule has 3 rings (SSSR count). The van der Waals surface area contributed by atoms with Crippen LogP contribution in [-0.4, -0.2) is 30.7 Å². The van der Waals surface area contributed by atoms with E-state index in [9.17, 15) is 4.79 Å². The maximum absolute atomic E-state index is 11.2. The van der Waals surface area contributed by atoms with E-state index in [1.807, 2.05) is 61.5 Å². The molecule has 30 heavy (non-hydrogen) atoms. The molecule has 6 nitrogen and oxygen atoms in total. The number of pyridine rings is 1. The molecule has 2 N–H and O–H groups in total. The van der Waals surface area contributed by atoms with Gasteiger partial charge in [0.25, 0.3) is 0 Å². The van der Waals surface area contributed by atoms with E-state index in [0.29, 0.717) is 29.2 Å². The third-order valence-electron chi connectivity index (χ3n) is 4.14. The molecule has 0 spiro atoms. The Morgan fingerprint density at radius 1 is 1.07 bits per heavy atom. The molecule has 6 heteroatoms. The second-order valence-corrected chi connectivity index (χ2v) is 6.36. The number of aromatic nitrogens is 1. The van der Waals surface area contributed by atoms with Crippen LogP contribution in [0, 0.1) is 5.41 Å². The van der Waals surface area contributed by atoms with Gasteiger partial charge in [-0.15, -0.1) is 0 Å². The fraction of sp³-hybridized carbons (Fsp3) is 0.208. The van der Waals surface area contributed by atoms with Crippen molar-refractivity contribution in [1.82, 2.24) is 4.98 Å². The van der Waals surface area contributed by atoms with Gasteiger partial charge in [-0.25, -0.2) is 4.98 Å². The molecule has 0 bridgehead atoms. The van der Waals surface area contributed by atoms with Gasteiger partial charge in [-0.3, -0.25) is 4.79 Å². The molecule has 2 aromatic carbocycles. The summed E-state index contributed by atoms with van der Waals surface area (Å²) in [6.07, 6.45) is 2.31. The highest BCUT2D eigenvalue weighted by atomic mass is 16.5. The van der Waals surface area contributed by atoms with Crippen LogP contribution in [0.15, 0.2) is 66.9 Å². The molecule has 0 saturated carbocycles. The van der Waals surface area contributed by atoms with Gasteiger partial charge in [-0.1, -0.05) is 30.3 Å². The van der Waals surface area contributed by atoms with Crippen LogP contribution in [0.1, 0.15) is 35.3 Å². The van der Waals surface area contributed by atoms with Gasteiger partial charge in [0.2, 0.25) is 0 Å². The van der Waals surface area contributed by atoms with E-state index in [1.54, 1.807) is 26.3 Å². The van der Waals surface area contributed by atoms with Crippen LogP contribution in [0.25, 0.3) is 0 Å². The third kappa shape index (κ3) is 6.83. The maximum atomic E-state index is 11.2. The minimum Gasteiger partial charge on any atom is -0.457 e. The summed E-state index contributed by atoms with van der Waals surface area (Å²) in [5.41, 5.74) is 2.33. The molecule has 0 aliphatic heterocycles. The zero-order valence-electron chi connectivity index (χ0n) is 17.5. The first-order chi connectivity index (χ1) is 14.6. The summed E-state index contributed by atoms with van der Waals surface area (Å²) in [4.78, 5) is 15.4. The number of hydrogen-bond donors (Lipinski definition) is 2. The Morgan fingerprint density at radius 3 is 2.27 bits per heavy atom. The van der Waals surface area contributed by atoms with Crippen molar-refractivity contribution in [2.75, 3.05) is 19.0 Å². The van der Waals surface area contributed by atoms with Crippen molar-refractivity contribution >= 4 is 17.8 Å².